The largest absolute Gasteiger partial charge is 0.371 e. The second-order valence-electron chi connectivity index (χ2n) is 5.55. The summed E-state index contributed by atoms with van der Waals surface area (Å²) < 4.78 is 11.7. The van der Waals surface area contributed by atoms with E-state index in [-0.39, 0.29) is 11.7 Å². The van der Waals surface area contributed by atoms with E-state index < -0.39 is 5.60 Å². The molecule has 0 bridgehead atoms. The van der Waals surface area contributed by atoms with Crippen LogP contribution in [0.2, 0.25) is 0 Å². The average molecular weight is 236 g/mol. The molecule has 17 heavy (non-hydrogen) atoms. The molecule has 0 N–H and O–H groups in total. The number of hydrogen-bond acceptors (Lipinski definition) is 2. The summed E-state index contributed by atoms with van der Waals surface area (Å²) in [6, 6.07) is 10.2. The van der Waals surface area contributed by atoms with Gasteiger partial charge in [-0.25, -0.2) is 0 Å². The highest BCUT2D eigenvalue weighted by molar-refractivity contribution is 5.23. The van der Waals surface area contributed by atoms with E-state index in [0.29, 0.717) is 0 Å². The Labute approximate surface area is 105 Å². The van der Waals surface area contributed by atoms with E-state index in [1.165, 1.54) is 0 Å². The smallest absolute Gasteiger partial charge is 0.116 e. The lowest BCUT2D eigenvalue weighted by Crippen LogP contribution is -2.42. The molecule has 0 radical (unpaired) electrons. The molecule has 0 saturated heterocycles. The van der Waals surface area contributed by atoms with Gasteiger partial charge < -0.3 is 9.47 Å². The molecular weight excluding hydrogens is 212 g/mol. The van der Waals surface area contributed by atoms with E-state index >= 15 is 0 Å². The Balaban J connectivity index is 2.96. The van der Waals surface area contributed by atoms with Crippen molar-refractivity contribution in [3.8, 4) is 0 Å². The number of rotatable bonds is 4. The van der Waals surface area contributed by atoms with Crippen LogP contribution in [0.1, 0.15) is 40.2 Å². The number of benzene rings is 1. The number of methoxy groups -OCH3 is 1. The Hall–Kier alpha value is -0.860. The fourth-order valence-corrected chi connectivity index (χ4v) is 1.93. The van der Waals surface area contributed by atoms with Crippen molar-refractivity contribution in [3.63, 3.8) is 0 Å². The second kappa shape index (κ2) is 5.19. The van der Waals surface area contributed by atoms with Gasteiger partial charge in [0, 0.05) is 7.11 Å². The Morgan fingerprint density at radius 3 is 1.94 bits per heavy atom. The zero-order valence-electron chi connectivity index (χ0n) is 11.8. The van der Waals surface area contributed by atoms with Gasteiger partial charge in [-0.2, -0.15) is 0 Å². The SMILES string of the molecule is COC(C)(c1ccccc1)C(C)OC(C)(C)C. The zero-order chi connectivity index (χ0) is 13.1. The van der Waals surface area contributed by atoms with Crippen molar-refractivity contribution in [1.29, 1.82) is 0 Å². The molecule has 2 atom stereocenters. The quantitative estimate of drug-likeness (QED) is 0.792. The summed E-state index contributed by atoms with van der Waals surface area (Å²) in [5.74, 6) is 0. The summed E-state index contributed by atoms with van der Waals surface area (Å²) in [6.45, 7) is 10.3. The first kappa shape index (κ1) is 14.2. The van der Waals surface area contributed by atoms with E-state index in [2.05, 4.69) is 46.8 Å². The third-order valence-corrected chi connectivity index (χ3v) is 3.08. The fourth-order valence-electron chi connectivity index (χ4n) is 1.93. The van der Waals surface area contributed by atoms with Gasteiger partial charge in [0.1, 0.15) is 5.60 Å². The third-order valence-electron chi connectivity index (χ3n) is 3.08. The van der Waals surface area contributed by atoms with Crippen LogP contribution in [-0.2, 0) is 15.1 Å². The van der Waals surface area contributed by atoms with Crippen molar-refractivity contribution in [2.45, 2.75) is 51.9 Å². The maximum atomic E-state index is 6.02. The minimum atomic E-state index is -0.422. The molecule has 1 aromatic rings. The Morgan fingerprint density at radius 1 is 1.00 bits per heavy atom. The van der Waals surface area contributed by atoms with E-state index in [1.54, 1.807) is 7.11 Å². The van der Waals surface area contributed by atoms with Gasteiger partial charge in [-0.15, -0.1) is 0 Å². The maximum Gasteiger partial charge on any atom is 0.116 e. The monoisotopic (exact) mass is 236 g/mol. The summed E-state index contributed by atoms with van der Waals surface area (Å²) in [5, 5.41) is 0. The molecule has 0 aliphatic heterocycles. The van der Waals surface area contributed by atoms with Crippen LogP contribution < -0.4 is 0 Å². The molecule has 0 heterocycles. The van der Waals surface area contributed by atoms with Crippen molar-refractivity contribution in [1.82, 2.24) is 0 Å². The summed E-state index contributed by atoms with van der Waals surface area (Å²) >= 11 is 0. The van der Waals surface area contributed by atoms with Gasteiger partial charge in [-0.05, 0) is 40.2 Å². The van der Waals surface area contributed by atoms with E-state index in [0.717, 1.165) is 5.56 Å². The van der Waals surface area contributed by atoms with Gasteiger partial charge >= 0.3 is 0 Å². The molecule has 0 aliphatic carbocycles. The fraction of sp³-hybridized carbons (Fsp3) is 0.600. The highest BCUT2D eigenvalue weighted by Crippen LogP contribution is 2.32. The van der Waals surface area contributed by atoms with Crippen LogP contribution in [0.25, 0.3) is 0 Å². The predicted molar refractivity (Wildman–Crippen MR) is 71.1 cm³/mol. The standard InChI is InChI=1S/C15H24O2/c1-12(17-14(2,3)4)15(5,16-6)13-10-8-7-9-11-13/h7-12H,1-6H3. The molecule has 2 heteroatoms. The van der Waals surface area contributed by atoms with Gasteiger partial charge in [0.15, 0.2) is 0 Å². The van der Waals surface area contributed by atoms with Crippen LogP contribution in [0.15, 0.2) is 30.3 Å². The van der Waals surface area contributed by atoms with Crippen LogP contribution >= 0.6 is 0 Å². The van der Waals surface area contributed by atoms with Gasteiger partial charge in [0.2, 0.25) is 0 Å². The second-order valence-corrected chi connectivity index (χ2v) is 5.55. The Morgan fingerprint density at radius 2 is 1.53 bits per heavy atom. The molecule has 0 spiro atoms. The van der Waals surface area contributed by atoms with Crippen LogP contribution in [0.5, 0.6) is 0 Å². The highest BCUT2D eigenvalue weighted by atomic mass is 16.6. The molecule has 0 aliphatic rings. The average Bonchev–Trinajstić information content (AvgIpc) is 2.27. The summed E-state index contributed by atoms with van der Waals surface area (Å²) in [4.78, 5) is 0. The molecule has 0 amide bonds. The minimum absolute atomic E-state index is 0.0186. The normalized spacial score (nSPS) is 17.5. The molecule has 0 saturated carbocycles. The van der Waals surface area contributed by atoms with Crippen LogP contribution in [0.3, 0.4) is 0 Å². The van der Waals surface area contributed by atoms with Crippen LogP contribution in [0.4, 0.5) is 0 Å². The van der Waals surface area contributed by atoms with E-state index in [4.69, 9.17) is 9.47 Å². The molecule has 0 fully saturated rings. The highest BCUT2D eigenvalue weighted by Gasteiger charge is 2.36. The van der Waals surface area contributed by atoms with E-state index in [9.17, 15) is 0 Å². The molecule has 2 nitrogen and oxygen atoms in total. The van der Waals surface area contributed by atoms with Gasteiger partial charge in [0.25, 0.3) is 0 Å². The van der Waals surface area contributed by atoms with Gasteiger partial charge in [0.05, 0.1) is 11.7 Å². The summed E-state index contributed by atoms with van der Waals surface area (Å²) in [6.07, 6.45) is -0.0186. The van der Waals surface area contributed by atoms with Crippen molar-refractivity contribution in [2.24, 2.45) is 0 Å². The first-order chi connectivity index (χ1) is 7.79. The van der Waals surface area contributed by atoms with Crippen molar-refractivity contribution in [3.05, 3.63) is 35.9 Å². The molecule has 1 aromatic carbocycles. The Bertz CT molecular complexity index is 340. The zero-order valence-corrected chi connectivity index (χ0v) is 11.8. The number of ether oxygens (including phenoxy) is 2. The molecule has 1 rings (SSSR count). The third kappa shape index (κ3) is 3.55. The summed E-state index contributed by atoms with van der Waals surface area (Å²) in [5.41, 5.74) is 0.543. The first-order valence-corrected chi connectivity index (χ1v) is 6.08. The van der Waals surface area contributed by atoms with Gasteiger partial charge in [-0.3, -0.25) is 0 Å². The van der Waals surface area contributed by atoms with Crippen molar-refractivity contribution < 1.29 is 9.47 Å². The molecule has 0 aromatic heterocycles. The predicted octanol–water partition coefficient (Wildman–Crippen LogP) is 3.75. The lowest BCUT2D eigenvalue weighted by atomic mass is 9.90. The topological polar surface area (TPSA) is 18.5 Å². The van der Waals surface area contributed by atoms with Gasteiger partial charge in [-0.1, -0.05) is 30.3 Å². The minimum Gasteiger partial charge on any atom is -0.371 e. The lowest BCUT2D eigenvalue weighted by Gasteiger charge is -2.38. The summed E-state index contributed by atoms with van der Waals surface area (Å²) in [7, 11) is 1.73. The maximum absolute atomic E-state index is 6.02. The Kier molecular flexibility index (Phi) is 4.34. The molecule has 96 valence electrons. The van der Waals surface area contributed by atoms with Crippen LogP contribution in [0, 0.1) is 0 Å². The van der Waals surface area contributed by atoms with Crippen molar-refractivity contribution >= 4 is 0 Å². The first-order valence-electron chi connectivity index (χ1n) is 6.08. The lowest BCUT2D eigenvalue weighted by molar-refractivity contribution is -0.161. The molecular formula is C15H24O2. The van der Waals surface area contributed by atoms with Crippen molar-refractivity contribution in [2.75, 3.05) is 7.11 Å². The van der Waals surface area contributed by atoms with Crippen LogP contribution in [-0.4, -0.2) is 18.8 Å². The molecule has 2 unspecified atom stereocenters. The number of hydrogen-bond donors (Lipinski definition) is 0. The van der Waals surface area contributed by atoms with E-state index in [1.807, 2.05) is 18.2 Å².